The fraction of sp³-hybridized carbons (Fsp3) is 0.158. The summed E-state index contributed by atoms with van der Waals surface area (Å²) in [5, 5.41) is 1.07. The summed E-state index contributed by atoms with van der Waals surface area (Å²) < 4.78 is 0. The van der Waals surface area contributed by atoms with Crippen LogP contribution < -0.4 is 5.73 Å². The molecule has 0 unspecified atom stereocenters. The second-order valence-electron chi connectivity index (χ2n) is 5.78. The van der Waals surface area contributed by atoms with Gasteiger partial charge in [-0.25, -0.2) is 0 Å². The van der Waals surface area contributed by atoms with E-state index in [4.69, 9.17) is 5.73 Å². The van der Waals surface area contributed by atoms with Crippen LogP contribution in [0.5, 0.6) is 0 Å². The molecular weight excluding hydrogens is 288 g/mol. The molecule has 4 nitrogen and oxygen atoms in total. The standard InChI is InChI=1S/C19H18N2O2/c1-11-12(2)21-19-15(9-17(20)23)6-7-16(18(11)19)14-5-3-4-13(8-14)10-22/h3-8,10,21H,9H2,1-2H3,(H2,20,23). The first-order valence-electron chi connectivity index (χ1n) is 7.46. The third kappa shape index (κ3) is 2.63. The van der Waals surface area contributed by atoms with Gasteiger partial charge in [-0.05, 0) is 42.2 Å². The number of H-pyrrole nitrogens is 1. The van der Waals surface area contributed by atoms with E-state index < -0.39 is 0 Å². The van der Waals surface area contributed by atoms with Crippen LogP contribution in [0.1, 0.15) is 27.2 Å². The van der Waals surface area contributed by atoms with Crippen molar-refractivity contribution in [3.8, 4) is 11.1 Å². The highest BCUT2D eigenvalue weighted by molar-refractivity contribution is 6.01. The third-order valence-corrected chi connectivity index (χ3v) is 4.24. The number of aryl methyl sites for hydroxylation is 2. The zero-order chi connectivity index (χ0) is 16.6. The van der Waals surface area contributed by atoms with Crippen LogP contribution in [-0.2, 0) is 11.2 Å². The third-order valence-electron chi connectivity index (χ3n) is 4.24. The number of aromatic nitrogens is 1. The minimum atomic E-state index is -0.355. The predicted molar refractivity (Wildman–Crippen MR) is 91.5 cm³/mol. The van der Waals surface area contributed by atoms with Gasteiger partial charge in [-0.1, -0.05) is 30.3 Å². The van der Waals surface area contributed by atoms with E-state index in [1.807, 2.05) is 37.3 Å². The minimum absolute atomic E-state index is 0.199. The van der Waals surface area contributed by atoms with Crippen molar-refractivity contribution in [1.82, 2.24) is 4.98 Å². The van der Waals surface area contributed by atoms with E-state index in [0.717, 1.165) is 45.1 Å². The van der Waals surface area contributed by atoms with Crippen molar-refractivity contribution < 1.29 is 9.59 Å². The summed E-state index contributed by atoms with van der Waals surface area (Å²) in [4.78, 5) is 25.7. The molecule has 2 aromatic carbocycles. The molecule has 116 valence electrons. The van der Waals surface area contributed by atoms with E-state index in [1.165, 1.54) is 0 Å². The van der Waals surface area contributed by atoms with Gasteiger partial charge in [-0.15, -0.1) is 0 Å². The molecule has 0 atom stereocenters. The van der Waals surface area contributed by atoms with Crippen molar-refractivity contribution in [2.45, 2.75) is 20.3 Å². The molecule has 0 fully saturated rings. The van der Waals surface area contributed by atoms with Crippen molar-refractivity contribution in [1.29, 1.82) is 0 Å². The fourth-order valence-electron chi connectivity index (χ4n) is 3.00. The number of carbonyl (C=O) groups excluding carboxylic acids is 2. The molecule has 23 heavy (non-hydrogen) atoms. The number of primary amides is 1. The van der Waals surface area contributed by atoms with Crippen molar-refractivity contribution in [2.24, 2.45) is 5.73 Å². The van der Waals surface area contributed by atoms with E-state index in [-0.39, 0.29) is 12.3 Å². The molecule has 0 spiro atoms. The van der Waals surface area contributed by atoms with Crippen molar-refractivity contribution in [3.63, 3.8) is 0 Å². The van der Waals surface area contributed by atoms with Crippen LogP contribution in [0.2, 0.25) is 0 Å². The smallest absolute Gasteiger partial charge is 0.221 e. The molecule has 0 aliphatic heterocycles. The number of aldehydes is 1. The first-order valence-corrected chi connectivity index (χ1v) is 7.46. The van der Waals surface area contributed by atoms with Crippen molar-refractivity contribution >= 4 is 23.1 Å². The van der Waals surface area contributed by atoms with Crippen LogP contribution in [0.25, 0.3) is 22.0 Å². The van der Waals surface area contributed by atoms with Gasteiger partial charge in [0, 0.05) is 16.6 Å². The lowest BCUT2D eigenvalue weighted by atomic mass is 9.95. The Hall–Kier alpha value is -2.88. The zero-order valence-corrected chi connectivity index (χ0v) is 13.1. The summed E-state index contributed by atoms with van der Waals surface area (Å²) in [7, 11) is 0. The van der Waals surface area contributed by atoms with E-state index in [0.29, 0.717) is 5.56 Å². The lowest BCUT2D eigenvalue weighted by molar-refractivity contribution is -0.117. The Morgan fingerprint density at radius 2 is 2.00 bits per heavy atom. The van der Waals surface area contributed by atoms with Crippen LogP contribution >= 0.6 is 0 Å². The highest BCUT2D eigenvalue weighted by atomic mass is 16.1. The van der Waals surface area contributed by atoms with Gasteiger partial charge < -0.3 is 10.7 Å². The van der Waals surface area contributed by atoms with Crippen molar-refractivity contribution in [2.75, 3.05) is 0 Å². The fourth-order valence-corrected chi connectivity index (χ4v) is 3.00. The predicted octanol–water partition coefficient (Wildman–Crippen LogP) is 3.29. The molecule has 3 rings (SSSR count). The van der Waals surface area contributed by atoms with Gasteiger partial charge in [0.25, 0.3) is 0 Å². The summed E-state index contributed by atoms with van der Waals surface area (Å²) in [6, 6.07) is 11.4. The average Bonchev–Trinajstić information content (AvgIpc) is 2.84. The number of fused-ring (bicyclic) bond motifs is 1. The van der Waals surface area contributed by atoms with Gasteiger partial charge in [0.15, 0.2) is 0 Å². The van der Waals surface area contributed by atoms with Crippen molar-refractivity contribution in [3.05, 3.63) is 58.8 Å². The van der Waals surface area contributed by atoms with Gasteiger partial charge in [0.2, 0.25) is 5.91 Å². The first-order chi connectivity index (χ1) is 11.0. The first kappa shape index (κ1) is 15.0. The Kier molecular flexibility index (Phi) is 3.74. The molecule has 0 bridgehead atoms. The van der Waals surface area contributed by atoms with Gasteiger partial charge in [0.05, 0.1) is 11.9 Å². The molecule has 0 radical (unpaired) electrons. The second kappa shape index (κ2) is 5.72. The Morgan fingerprint density at radius 1 is 1.22 bits per heavy atom. The van der Waals surface area contributed by atoms with E-state index in [1.54, 1.807) is 6.07 Å². The molecule has 3 aromatic rings. The highest BCUT2D eigenvalue weighted by Gasteiger charge is 2.15. The topological polar surface area (TPSA) is 76.0 Å². The lowest BCUT2D eigenvalue weighted by Crippen LogP contribution is -2.13. The molecular formula is C19H18N2O2. The number of aromatic amines is 1. The maximum absolute atomic E-state index is 11.3. The Morgan fingerprint density at radius 3 is 2.70 bits per heavy atom. The summed E-state index contributed by atoms with van der Waals surface area (Å²) in [6.07, 6.45) is 1.04. The van der Waals surface area contributed by atoms with E-state index in [9.17, 15) is 9.59 Å². The molecule has 0 aliphatic rings. The number of rotatable bonds is 4. The lowest BCUT2D eigenvalue weighted by Gasteiger charge is -2.09. The van der Waals surface area contributed by atoms with Gasteiger partial charge in [-0.3, -0.25) is 9.59 Å². The molecule has 1 heterocycles. The number of nitrogens with two attached hydrogens (primary N) is 1. The van der Waals surface area contributed by atoms with Crippen LogP contribution in [0.3, 0.4) is 0 Å². The minimum Gasteiger partial charge on any atom is -0.369 e. The largest absolute Gasteiger partial charge is 0.369 e. The normalized spacial score (nSPS) is 10.9. The van der Waals surface area contributed by atoms with E-state index >= 15 is 0 Å². The van der Waals surface area contributed by atoms with Crippen LogP contribution in [0.4, 0.5) is 0 Å². The summed E-state index contributed by atoms with van der Waals surface area (Å²) >= 11 is 0. The molecule has 0 saturated heterocycles. The molecule has 3 N–H and O–H groups in total. The monoisotopic (exact) mass is 306 g/mol. The number of hydrogen-bond acceptors (Lipinski definition) is 2. The summed E-state index contributed by atoms with van der Waals surface area (Å²) in [5.74, 6) is -0.355. The Labute approximate surface area is 134 Å². The van der Waals surface area contributed by atoms with Gasteiger partial charge in [-0.2, -0.15) is 0 Å². The second-order valence-corrected chi connectivity index (χ2v) is 5.78. The highest BCUT2D eigenvalue weighted by Crippen LogP contribution is 2.34. The Balaban J connectivity index is 2.29. The quantitative estimate of drug-likeness (QED) is 0.726. The van der Waals surface area contributed by atoms with Gasteiger partial charge in [0.1, 0.15) is 6.29 Å². The van der Waals surface area contributed by atoms with Gasteiger partial charge >= 0.3 is 0 Å². The Bertz CT molecular complexity index is 923. The van der Waals surface area contributed by atoms with E-state index in [2.05, 4.69) is 11.9 Å². The molecule has 0 saturated carbocycles. The van der Waals surface area contributed by atoms with Crippen LogP contribution in [-0.4, -0.2) is 17.2 Å². The average molecular weight is 306 g/mol. The SMILES string of the molecule is Cc1[nH]c2c(CC(N)=O)ccc(-c3cccc(C=O)c3)c2c1C. The maximum atomic E-state index is 11.3. The molecule has 1 aromatic heterocycles. The number of nitrogens with one attached hydrogen (secondary N) is 1. The summed E-state index contributed by atoms with van der Waals surface area (Å²) in [6.45, 7) is 4.06. The summed E-state index contributed by atoms with van der Waals surface area (Å²) in [5.41, 5.74) is 12.0. The number of hydrogen-bond donors (Lipinski definition) is 2. The van der Waals surface area contributed by atoms with Crippen LogP contribution in [0, 0.1) is 13.8 Å². The molecule has 4 heteroatoms. The zero-order valence-electron chi connectivity index (χ0n) is 13.1. The number of carbonyl (C=O) groups is 2. The maximum Gasteiger partial charge on any atom is 0.221 e. The molecule has 0 aliphatic carbocycles. The molecule has 1 amide bonds. The number of benzene rings is 2. The van der Waals surface area contributed by atoms with Crippen LogP contribution in [0.15, 0.2) is 36.4 Å². The number of amides is 1.